The van der Waals surface area contributed by atoms with Gasteiger partial charge in [0.05, 0.1) is 22.7 Å². The molecule has 0 saturated carbocycles. The molecule has 1 aliphatic heterocycles. The summed E-state index contributed by atoms with van der Waals surface area (Å²) in [6.07, 6.45) is 1.61. The van der Waals surface area contributed by atoms with Gasteiger partial charge >= 0.3 is 0 Å². The van der Waals surface area contributed by atoms with Crippen LogP contribution in [0.15, 0.2) is 48.5 Å². The Kier molecular flexibility index (Phi) is 4.87. The molecule has 0 aromatic heterocycles. The summed E-state index contributed by atoms with van der Waals surface area (Å²) < 4.78 is 0. The highest BCUT2D eigenvalue weighted by molar-refractivity contribution is 5.96. The van der Waals surface area contributed by atoms with Gasteiger partial charge in [0.15, 0.2) is 0 Å². The van der Waals surface area contributed by atoms with Gasteiger partial charge in [-0.15, -0.1) is 0 Å². The van der Waals surface area contributed by atoms with Crippen molar-refractivity contribution in [3.8, 4) is 0 Å². The molecule has 10 heteroatoms. The number of rotatable bonds is 8. The largest absolute Gasteiger partial charge is 0.278 e. The van der Waals surface area contributed by atoms with Crippen LogP contribution in [0.25, 0.3) is 0 Å². The molecule has 3 rings (SSSR count). The van der Waals surface area contributed by atoms with Crippen molar-refractivity contribution in [2.75, 3.05) is 20.3 Å². The van der Waals surface area contributed by atoms with Crippen LogP contribution in [0.5, 0.6) is 0 Å². The molecular formula is C16H12N4O6. The normalized spacial score (nSPS) is 12.8. The van der Waals surface area contributed by atoms with E-state index in [-0.39, 0.29) is 0 Å². The van der Waals surface area contributed by atoms with E-state index in [1.165, 1.54) is 0 Å². The predicted octanol–water partition coefficient (Wildman–Crippen LogP) is 0.945. The molecule has 0 N–H and O–H groups in total. The quantitative estimate of drug-likeness (QED) is 0.645. The van der Waals surface area contributed by atoms with Crippen LogP contribution < -0.4 is 20.3 Å². The number of benzene rings is 2. The number of amides is 4. The van der Waals surface area contributed by atoms with Crippen molar-refractivity contribution in [3.05, 3.63) is 48.5 Å². The number of hydrogen-bond donors (Lipinski definition) is 0. The molecule has 0 spiro atoms. The zero-order valence-electron chi connectivity index (χ0n) is 13.2. The predicted molar refractivity (Wildman–Crippen MR) is 89.2 cm³/mol. The summed E-state index contributed by atoms with van der Waals surface area (Å²) >= 11 is 0. The summed E-state index contributed by atoms with van der Waals surface area (Å²) in [5.41, 5.74) is 1.88. The second-order valence-electron chi connectivity index (χ2n) is 4.95. The summed E-state index contributed by atoms with van der Waals surface area (Å²) in [6, 6.07) is 12.6. The SMILES string of the molecule is O=CN(C=O)c1ccc(N2ON(c3ccc(N(C=O)C=O)cc3)O2)cc1. The fourth-order valence-corrected chi connectivity index (χ4v) is 2.12. The standard InChI is InChI=1S/C16H12N4O6/c21-9-17(10-22)13-1-5-15(6-2-13)19-25-20(26-19)16-7-3-14(4-8-16)18(11-23)12-24/h1-12H. The Morgan fingerprint density at radius 1 is 0.577 bits per heavy atom. The van der Waals surface area contributed by atoms with E-state index in [2.05, 4.69) is 0 Å². The van der Waals surface area contributed by atoms with Crippen LogP contribution in [-0.2, 0) is 29.1 Å². The van der Waals surface area contributed by atoms with Crippen molar-refractivity contribution in [2.24, 2.45) is 0 Å². The molecule has 10 nitrogen and oxygen atoms in total. The topological polar surface area (TPSA) is 99.7 Å². The third-order valence-electron chi connectivity index (χ3n) is 3.47. The van der Waals surface area contributed by atoms with Gasteiger partial charge in [0.1, 0.15) is 0 Å². The van der Waals surface area contributed by atoms with Gasteiger partial charge in [-0.1, -0.05) is 20.3 Å². The Labute approximate surface area is 147 Å². The maximum absolute atomic E-state index is 10.7. The zero-order chi connectivity index (χ0) is 18.5. The lowest BCUT2D eigenvalue weighted by Gasteiger charge is -2.38. The highest BCUT2D eigenvalue weighted by Crippen LogP contribution is 2.31. The van der Waals surface area contributed by atoms with Crippen molar-refractivity contribution in [1.29, 1.82) is 0 Å². The highest BCUT2D eigenvalue weighted by Gasteiger charge is 2.30. The molecule has 0 atom stereocenters. The first-order valence-corrected chi connectivity index (χ1v) is 7.24. The van der Waals surface area contributed by atoms with Crippen LogP contribution in [-0.4, -0.2) is 25.6 Å². The molecule has 2 aromatic carbocycles. The molecule has 26 heavy (non-hydrogen) atoms. The van der Waals surface area contributed by atoms with E-state index in [1.54, 1.807) is 48.5 Å². The maximum Gasteiger partial charge on any atom is 0.220 e. The molecule has 0 radical (unpaired) electrons. The average Bonchev–Trinajstić information content (AvgIpc) is 2.65. The lowest BCUT2D eigenvalue weighted by atomic mass is 10.2. The Balaban J connectivity index is 1.62. The van der Waals surface area contributed by atoms with E-state index in [0.29, 0.717) is 48.4 Å². The van der Waals surface area contributed by atoms with Crippen molar-refractivity contribution in [1.82, 2.24) is 0 Å². The van der Waals surface area contributed by atoms with E-state index < -0.39 is 0 Å². The molecule has 132 valence electrons. The summed E-state index contributed by atoms with van der Waals surface area (Å²) in [7, 11) is 0. The van der Waals surface area contributed by atoms with Crippen molar-refractivity contribution in [3.63, 3.8) is 0 Å². The van der Waals surface area contributed by atoms with Gasteiger partial charge in [-0.25, -0.2) is 0 Å². The molecule has 1 saturated heterocycles. The zero-order valence-corrected chi connectivity index (χ0v) is 13.2. The third-order valence-corrected chi connectivity index (χ3v) is 3.47. The molecule has 1 fully saturated rings. The summed E-state index contributed by atoms with van der Waals surface area (Å²) in [5, 5.41) is 2.24. The second kappa shape index (κ2) is 7.42. The molecule has 0 bridgehead atoms. The number of anilines is 4. The second-order valence-corrected chi connectivity index (χ2v) is 4.95. The molecule has 0 unspecified atom stereocenters. The van der Waals surface area contributed by atoms with Gasteiger partial charge in [0, 0.05) is 0 Å². The first-order valence-electron chi connectivity index (χ1n) is 7.24. The fraction of sp³-hybridized carbons (Fsp3) is 0. The Hall–Kier alpha value is -3.76. The first kappa shape index (κ1) is 17.1. The minimum atomic E-state index is 0.403. The highest BCUT2D eigenvalue weighted by atomic mass is 17.3. The number of carbonyl (C=O) groups is 4. The fourth-order valence-electron chi connectivity index (χ4n) is 2.12. The van der Waals surface area contributed by atoms with Crippen LogP contribution >= 0.6 is 0 Å². The monoisotopic (exact) mass is 356 g/mol. The van der Waals surface area contributed by atoms with E-state index in [4.69, 9.17) is 9.88 Å². The van der Waals surface area contributed by atoms with E-state index in [1.807, 2.05) is 0 Å². The lowest BCUT2D eigenvalue weighted by Crippen LogP contribution is -2.50. The van der Waals surface area contributed by atoms with Gasteiger partial charge in [-0.3, -0.25) is 29.0 Å². The molecule has 4 amide bonds. The minimum absolute atomic E-state index is 0.403. The number of hydrogen-bond acceptors (Lipinski definition) is 8. The summed E-state index contributed by atoms with van der Waals surface area (Å²) in [4.78, 5) is 55.3. The van der Waals surface area contributed by atoms with Gasteiger partial charge in [-0.05, 0) is 48.5 Å². The van der Waals surface area contributed by atoms with Gasteiger partial charge in [0.2, 0.25) is 25.6 Å². The first-order chi connectivity index (χ1) is 12.7. The third kappa shape index (κ3) is 3.22. The van der Waals surface area contributed by atoms with Gasteiger partial charge < -0.3 is 0 Å². The minimum Gasteiger partial charge on any atom is -0.278 e. The van der Waals surface area contributed by atoms with Crippen LogP contribution in [0, 0.1) is 0 Å². The number of nitrogens with zero attached hydrogens (tertiary/aromatic N) is 4. The average molecular weight is 356 g/mol. The number of imide groups is 2. The summed E-state index contributed by atoms with van der Waals surface area (Å²) in [5.74, 6) is 0. The van der Waals surface area contributed by atoms with Crippen molar-refractivity contribution >= 4 is 48.4 Å². The number of carbonyl (C=O) groups excluding carboxylic acids is 4. The van der Waals surface area contributed by atoms with E-state index in [0.717, 1.165) is 20.3 Å². The Bertz CT molecular complexity index is 721. The maximum atomic E-state index is 10.7. The van der Waals surface area contributed by atoms with Crippen molar-refractivity contribution in [2.45, 2.75) is 0 Å². The Morgan fingerprint density at radius 2 is 0.885 bits per heavy atom. The smallest absolute Gasteiger partial charge is 0.220 e. The van der Waals surface area contributed by atoms with Crippen molar-refractivity contribution < 1.29 is 29.1 Å². The van der Waals surface area contributed by atoms with Gasteiger partial charge in [-0.2, -0.15) is 0 Å². The molecule has 1 aliphatic rings. The van der Waals surface area contributed by atoms with Crippen LogP contribution in [0.2, 0.25) is 0 Å². The molecule has 2 aromatic rings. The molecule has 0 aliphatic carbocycles. The van der Waals surface area contributed by atoms with Crippen LogP contribution in [0.1, 0.15) is 0 Å². The van der Waals surface area contributed by atoms with Crippen LogP contribution in [0.3, 0.4) is 0 Å². The van der Waals surface area contributed by atoms with E-state index >= 15 is 0 Å². The molecular weight excluding hydrogens is 344 g/mol. The van der Waals surface area contributed by atoms with Gasteiger partial charge in [0.25, 0.3) is 0 Å². The molecule has 1 heterocycles. The Morgan fingerprint density at radius 3 is 1.15 bits per heavy atom. The summed E-state index contributed by atoms with van der Waals surface area (Å²) in [6.45, 7) is 0. The van der Waals surface area contributed by atoms with E-state index in [9.17, 15) is 19.2 Å². The lowest BCUT2D eigenvalue weighted by molar-refractivity contribution is -0.305. The van der Waals surface area contributed by atoms with Crippen LogP contribution in [0.4, 0.5) is 22.7 Å².